The maximum absolute atomic E-state index is 10.9. The second kappa shape index (κ2) is 7.24. The Bertz CT molecular complexity index is 276. The fraction of sp³-hybridized carbons (Fsp3) is 0.889. The van der Waals surface area contributed by atoms with Crippen molar-refractivity contribution in [3.63, 3.8) is 0 Å². The lowest BCUT2D eigenvalue weighted by Gasteiger charge is -2.38. The largest absolute Gasteiger partial charge is 0.478 e. The summed E-state index contributed by atoms with van der Waals surface area (Å²) in [6.07, 6.45) is 2.81. The van der Waals surface area contributed by atoms with Crippen LogP contribution in [0.1, 0.15) is 32.6 Å². The first-order chi connectivity index (χ1) is 8.24. The second-order valence-electron chi connectivity index (χ2n) is 3.86. The topological polar surface area (TPSA) is 142 Å². The number of unbranched alkanes of at least 4 members (excludes halogenated alkanes) is 3. The normalized spacial score (nSPS) is 15.7. The molecule has 8 nitrogen and oxygen atoms in total. The number of carbonyl (C=O) groups is 1. The summed E-state index contributed by atoms with van der Waals surface area (Å²) in [4.78, 5) is 10.9. The van der Waals surface area contributed by atoms with Gasteiger partial charge >= 0.3 is 11.7 Å². The van der Waals surface area contributed by atoms with E-state index in [-0.39, 0.29) is 11.6 Å². The Morgan fingerprint density at radius 2 is 1.78 bits per heavy atom. The minimum absolute atomic E-state index is 0.103. The van der Waals surface area contributed by atoms with E-state index in [0.717, 1.165) is 12.8 Å². The van der Waals surface area contributed by atoms with Gasteiger partial charge in [0, 0.05) is 6.54 Å². The number of carboxylic acid groups (broad SMARTS) is 1. The highest BCUT2D eigenvalue weighted by atomic mass is 32.2. The number of hydroxylamine groups is 2. The molecule has 0 aliphatic heterocycles. The van der Waals surface area contributed by atoms with Gasteiger partial charge in [-0.05, 0) is 6.42 Å². The van der Waals surface area contributed by atoms with Crippen molar-refractivity contribution >= 4 is 18.0 Å². The van der Waals surface area contributed by atoms with Gasteiger partial charge in [-0.1, -0.05) is 26.2 Å². The number of carboxylic acids is 1. The molecule has 0 aliphatic carbocycles. The van der Waals surface area contributed by atoms with Crippen LogP contribution >= 0.6 is 12.0 Å². The van der Waals surface area contributed by atoms with Crippen LogP contribution in [0.4, 0.5) is 0 Å². The standard InChI is InChI=1S/C9H19NO7S/c1-2-3-4-5-6-10(16)8(13,7(11)12)9(14,15)18-17/h13-17H,2-6H2,1H3,(H,11,12)/t8-/m0/s1. The Kier molecular flexibility index (Phi) is 7.07. The molecule has 0 aliphatic rings. The molecule has 0 unspecified atom stereocenters. The number of hydrogen-bond donors (Lipinski definition) is 6. The van der Waals surface area contributed by atoms with Crippen molar-refractivity contribution in [1.29, 1.82) is 0 Å². The van der Waals surface area contributed by atoms with E-state index >= 15 is 0 Å². The third-order valence-electron chi connectivity index (χ3n) is 2.48. The lowest BCUT2D eigenvalue weighted by atomic mass is 10.1. The van der Waals surface area contributed by atoms with Gasteiger partial charge in [0.1, 0.15) is 0 Å². The number of aliphatic carboxylic acids is 1. The lowest BCUT2D eigenvalue weighted by molar-refractivity contribution is -0.339. The van der Waals surface area contributed by atoms with Crippen LogP contribution in [0.2, 0.25) is 0 Å². The Hall–Kier alpha value is -0.420. The van der Waals surface area contributed by atoms with Crippen molar-refractivity contribution in [1.82, 2.24) is 5.06 Å². The SMILES string of the molecule is CCCCCCN(O)[C@](O)(C(=O)O)C(O)(O)SO. The zero-order valence-corrected chi connectivity index (χ0v) is 10.8. The molecule has 0 amide bonds. The van der Waals surface area contributed by atoms with Gasteiger partial charge in [-0.15, -0.1) is 5.06 Å². The summed E-state index contributed by atoms with van der Waals surface area (Å²) in [5.74, 6) is -2.09. The van der Waals surface area contributed by atoms with Gasteiger partial charge in [-0.25, -0.2) is 4.79 Å². The van der Waals surface area contributed by atoms with Crippen LogP contribution in [0.15, 0.2) is 0 Å². The van der Waals surface area contributed by atoms with Gasteiger partial charge in [0.2, 0.25) is 0 Å². The number of nitrogens with zero attached hydrogens (tertiary/aromatic N) is 1. The minimum atomic E-state index is -3.46. The van der Waals surface area contributed by atoms with E-state index in [1.807, 2.05) is 6.92 Å². The highest BCUT2D eigenvalue weighted by molar-refractivity contribution is 7.94. The maximum atomic E-state index is 10.9. The van der Waals surface area contributed by atoms with E-state index in [2.05, 4.69) is 0 Å². The van der Waals surface area contributed by atoms with Crippen LogP contribution in [0, 0.1) is 0 Å². The molecule has 1 atom stereocenters. The summed E-state index contributed by atoms with van der Waals surface area (Å²) in [6, 6.07) is 0. The first-order valence-corrected chi connectivity index (χ1v) is 6.21. The van der Waals surface area contributed by atoms with E-state index in [1.54, 1.807) is 0 Å². The highest BCUT2D eigenvalue weighted by Gasteiger charge is 2.60. The molecule has 0 aromatic rings. The first kappa shape index (κ1) is 17.6. The fourth-order valence-electron chi connectivity index (χ4n) is 1.33. The van der Waals surface area contributed by atoms with Gasteiger partial charge in [0.15, 0.2) is 0 Å². The molecule has 0 radical (unpaired) electrons. The Labute approximate surface area is 109 Å². The molecule has 0 saturated heterocycles. The zero-order chi connectivity index (χ0) is 14.4. The molecular weight excluding hydrogens is 266 g/mol. The minimum Gasteiger partial charge on any atom is -0.478 e. The average molecular weight is 285 g/mol. The summed E-state index contributed by atoms with van der Waals surface area (Å²) in [6.45, 7) is 1.67. The van der Waals surface area contributed by atoms with Crippen LogP contribution < -0.4 is 0 Å². The van der Waals surface area contributed by atoms with Gasteiger partial charge in [-0.2, -0.15) is 0 Å². The monoisotopic (exact) mass is 285 g/mol. The summed E-state index contributed by atoms with van der Waals surface area (Å²) in [5, 5.41) is 42.8. The van der Waals surface area contributed by atoms with Crippen LogP contribution in [-0.4, -0.2) is 58.6 Å². The highest BCUT2D eigenvalue weighted by Crippen LogP contribution is 2.32. The van der Waals surface area contributed by atoms with Crippen LogP contribution in [0.3, 0.4) is 0 Å². The summed E-state index contributed by atoms with van der Waals surface area (Å²) in [7, 11) is 0. The molecule has 0 fully saturated rings. The summed E-state index contributed by atoms with van der Waals surface area (Å²) < 4.78 is 8.59. The molecule has 0 spiro atoms. The smallest absolute Gasteiger partial charge is 0.360 e. The van der Waals surface area contributed by atoms with Gasteiger partial charge in [0.25, 0.3) is 5.12 Å². The molecule has 9 heteroatoms. The summed E-state index contributed by atoms with van der Waals surface area (Å²) >= 11 is -0.687. The quantitative estimate of drug-likeness (QED) is 0.148. The predicted octanol–water partition coefficient (Wildman–Crippen LogP) is -0.124. The molecule has 0 heterocycles. The fourth-order valence-corrected chi connectivity index (χ4v) is 1.65. The van der Waals surface area contributed by atoms with Crippen molar-refractivity contribution in [3.8, 4) is 0 Å². The molecule has 108 valence electrons. The van der Waals surface area contributed by atoms with Crippen molar-refractivity contribution in [2.45, 2.75) is 43.5 Å². The van der Waals surface area contributed by atoms with Crippen LogP contribution in [0.25, 0.3) is 0 Å². The molecule has 0 saturated carbocycles. The van der Waals surface area contributed by atoms with E-state index < -0.39 is 28.9 Å². The number of aliphatic hydroxyl groups is 3. The predicted molar refractivity (Wildman–Crippen MR) is 62.6 cm³/mol. The molecule has 6 N–H and O–H groups in total. The lowest BCUT2D eigenvalue weighted by Crippen LogP contribution is -2.67. The van der Waals surface area contributed by atoms with Crippen LogP contribution in [0.5, 0.6) is 0 Å². The second-order valence-corrected chi connectivity index (χ2v) is 4.61. The Morgan fingerprint density at radius 1 is 1.22 bits per heavy atom. The van der Waals surface area contributed by atoms with Crippen molar-refractivity contribution in [2.24, 2.45) is 0 Å². The molecular formula is C9H19NO7S. The number of hydrogen-bond acceptors (Lipinski definition) is 8. The van der Waals surface area contributed by atoms with Crippen molar-refractivity contribution in [3.05, 3.63) is 0 Å². The van der Waals surface area contributed by atoms with E-state index in [4.69, 9.17) is 9.66 Å². The van der Waals surface area contributed by atoms with Gasteiger partial charge in [0.05, 0.1) is 12.0 Å². The zero-order valence-electron chi connectivity index (χ0n) is 9.98. The average Bonchev–Trinajstić information content (AvgIpc) is 2.32. The Balaban J connectivity index is 4.74. The van der Waals surface area contributed by atoms with Crippen LogP contribution in [-0.2, 0) is 4.79 Å². The molecule has 0 aromatic carbocycles. The molecule has 18 heavy (non-hydrogen) atoms. The van der Waals surface area contributed by atoms with Crippen molar-refractivity contribution in [2.75, 3.05) is 6.54 Å². The maximum Gasteiger partial charge on any atom is 0.360 e. The van der Waals surface area contributed by atoms with E-state index in [1.165, 1.54) is 0 Å². The number of rotatable bonds is 9. The summed E-state index contributed by atoms with van der Waals surface area (Å²) in [5.41, 5.74) is -3.42. The van der Waals surface area contributed by atoms with E-state index in [0.29, 0.717) is 12.8 Å². The van der Waals surface area contributed by atoms with Gasteiger partial charge < -0.3 is 30.2 Å². The third kappa shape index (κ3) is 3.79. The first-order valence-electron chi connectivity index (χ1n) is 5.43. The van der Waals surface area contributed by atoms with Crippen molar-refractivity contribution < 1.29 is 35.0 Å². The molecule has 0 aromatic heterocycles. The van der Waals surface area contributed by atoms with Gasteiger partial charge in [-0.3, -0.25) is 0 Å². The Morgan fingerprint density at radius 3 is 2.17 bits per heavy atom. The third-order valence-corrected chi connectivity index (χ3v) is 3.02. The van der Waals surface area contributed by atoms with E-state index in [9.17, 15) is 25.3 Å². The molecule has 0 rings (SSSR count). The molecule has 0 bridgehead atoms.